The van der Waals surface area contributed by atoms with Crippen molar-refractivity contribution in [2.45, 2.75) is 0 Å². The van der Waals surface area contributed by atoms with E-state index >= 15 is 0 Å². The van der Waals surface area contributed by atoms with Crippen molar-refractivity contribution >= 4 is 15.9 Å². The second kappa shape index (κ2) is 7.68. The molecule has 15 heavy (non-hydrogen) atoms. The van der Waals surface area contributed by atoms with Crippen molar-refractivity contribution in [3.63, 3.8) is 0 Å². The Morgan fingerprint density at radius 1 is 1.13 bits per heavy atom. The van der Waals surface area contributed by atoms with E-state index in [1.165, 1.54) is 0 Å². The number of hydrogen-bond acceptors (Lipinski definition) is 2. The van der Waals surface area contributed by atoms with Gasteiger partial charge in [-0.05, 0) is 24.3 Å². The summed E-state index contributed by atoms with van der Waals surface area (Å²) in [7, 11) is 1.71. The van der Waals surface area contributed by atoms with Crippen LogP contribution in [0, 0.1) is 0 Å². The Balaban J connectivity index is 2.07. The Morgan fingerprint density at radius 2 is 1.80 bits per heavy atom. The summed E-state index contributed by atoms with van der Waals surface area (Å²) in [6.07, 6.45) is 0. The molecule has 3 nitrogen and oxygen atoms in total. The van der Waals surface area contributed by atoms with Crippen molar-refractivity contribution in [1.29, 1.82) is 0 Å². The lowest BCUT2D eigenvalue weighted by molar-refractivity contribution is -0.656. The molecule has 0 bridgehead atoms. The van der Waals surface area contributed by atoms with Gasteiger partial charge in [-0.15, -0.1) is 0 Å². The molecule has 1 aromatic carbocycles. The summed E-state index contributed by atoms with van der Waals surface area (Å²) < 4.78 is 11.6. The lowest BCUT2D eigenvalue weighted by Crippen LogP contribution is -2.86. The third-order valence-electron chi connectivity index (χ3n) is 1.93. The maximum absolute atomic E-state index is 5.55. The van der Waals surface area contributed by atoms with Gasteiger partial charge in [0.1, 0.15) is 18.9 Å². The molecule has 84 valence electrons. The highest BCUT2D eigenvalue weighted by molar-refractivity contribution is 9.10. The molecule has 0 unspecified atom stereocenters. The molecule has 0 aromatic heterocycles. The van der Waals surface area contributed by atoms with E-state index in [2.05, 4.69) is 21.2 Å². The molecule has 0 aliphatic carbocycles. The Bertz CT molecular complexity index is 264. The molecule has 2 N–H and O–H groups in total. The van der Waals surface area contributed by atoms with Gasteiger partial charge in [-0.3, -0.25) is 0 Å². The summed E-state index contributed by atoms with van der Waals surface area (Å²) in [5.41, 5.74) is 0. The van der Waals surface area contributed by atoms with E-state index < -0.39 is 0 Å². The SMILES string of the molecule is COCC[NH2+]CCOc1ccc(Br)cc1. The van der Waals surface area contributed by atoms with E-state index in [0.717, 1.165) is 36.5 Å². The van der Waals surface area contributed by atoms with Crippen LogP contribution in [0.2, 0.25) is 0 Å². The van der Waals surface area contributed by atoms with Crippen LogP contribution < -0.4 is 10.1 Å². The zero-order valence-corrected chi connectivity index (χ0v) is 10.5. The van der Waals surface area contributed by atoms with Gasteiger partial charge in [0.2, 0.25) is 0 Å². The molecule has 0 atom stereocenters. The largest absolute Gasteiger partial charge is 0.488 e. The van der Waals surface area contributed by atoms with Gasteiger partial charge in [0, 0.05) is 11.6 Å². The number of benzene rings is 1. The fourth-order valence-electron chi connectivity index (χ4n) is 1.14. The van der Waals surface area contributed by atoms with E-state index in [1.807, 2.05) is 24.3 Å². The number of methoxy groups -OCH3 is 1. The average molecular weight is 275 g/mol. The van der Waals surface area contributed by atoms with Crippen LogP contribution in [-0.4, -0.2) is 33.4 Å². The molecule has 1 aromatic rings. The second-order valence-corrected chi connectivity index (χ2v) is 4.08. The summed E-state index contributed by atoms with van der Waals surface area (Å²) in [5.74, 6) is 0.915. The quantitative estimate of drug-likeness (QED) is 0.755. The minimum atomic E-state index is 0.728. The number of rotatable bonds is 7. The zero-order valence-electron chi connectivity index (χ0n) is 8.91. The zero-order chi connectivity index (χ0) is 10.9. The van der Waals surface area contributed by atoms with E-state index in [4.69, 9.17) is 9.47 Å². The number of quaternary nitrogens is 1. The predicted octanol–water partition coefficient (Wildman–Crippen LogP) is 1.04. The fraction of sp³-hybridized carbons (Fsp3) is 0.455. The van der Waals surface area contributed by atoms with Gasteiger partial charge in [-0.1, -0.05) is 15.9 Å². The molecular weight excluding hydrogens is 258 g/mol. The Labute approximate surface area is 98.9 Å². The van der Waals surface area contributed by atoms with Crippen LogP contribution in [0.4, 0.5) is 0 Å². The molecule has 0 saturated carbocycles. The first-order valence-electron chi connectivity index (χ1n) is 5.02. The van der Waals surface area contributed by atoms with E-state index in [0.29, 0.717) is 0 Å². The van der Waals surface area contributed by atoms with Gasteiger partial charge in [0.05, 0.1) is 13.2 Å². The monoisotopic (exact) mass is 274 g/mol. The van der Waals surface area contributed by atoms with Crippen molar-refractivity contribution in [1.82, 2.24) is 0 Å². The van der Waals surface area contributed by atoms with Crippen LogP contribution in [0.5, 0.6) is 5.75 Å². The summed E-state index contributed by atoms with van der Waals surface area (Å²) in [6.45, 7) is 3.46. The maximum atomic E-state index is 5.55. The summed E-state index contributed by atoms with van der Waals surface area (Å²) in [4.78, 5) is 0. The molecule has 0 heterocycles. The molecule has 0 amide bonds. The lowest BCUT2D eigenvalue weighted by Gasteiger charge is -2.05. The van der Waals surface area contributed by atoms with E-state index in [-0.39, 0.29) is 0 Å². The van der Waals surface area contributed by atoms with Crippen molar-refractivity contribution in [3.05, 3.63) is 28.7 Å². The van der Waals surface area contributed by atoms with E-state index in [1.54, 1.807) is 7.11 Å². The normalized spacial score (nSPS) is 10.3. The van der Waals surface area contributed by atoms with Crippen LogP contribution in [0.15, 0.2) is 28.7 Å². The molecule has 0 fully saturated rings. The first-order valence-corrected chi connectivity index (χ1v) is 5.81. The van der Waals surface area contributed by atoms with Gasteiger partial charge >= 0.3 is 0 Å². The molecule has 0 aliphatic heterocycles. The van der Waals surface area contributed by atoms with Gasteiger partial charge in [-0.2, -0.15) is 0 Å². The summed E-state index contributed by atoms with van der Waals surface area (Å²) >= 11 is 3.38. The molecule has 1 rings (SSSR count). The van der Waals surface area contributed by atoms with Crippen LogP contribution >= 0.6 is 15.9 Å². The molecule has 4 heteroatoms. The number of ether oxygens (including phenoxy) is 2. The van der Waals surface area contributed by atoms with Crippen molar-refractivity contribution in [2.24, 2.45) is 0 Å². The number of halogens is 1. The highest BCUT2D eigenvalue weighted by Crippen LogP contribution is 2.15. The second-order valence-electron chi connectivity index (χ2n) is 3.16. The molecular formula is C11H17BrNO2+. The number of nitrogens with two attached hydrogens (primary N) is 1. The molecule has 0 saturated heterocycles. The average Bonchev–Trinajstić information content (AvgIpc) is 2.26. The molecule has 0 aliphatic rings. The summed E-state index contributed by atoms with van der Waals surface area (Å²) in [5, 5.41) is 2.18. The van der Waals surface area contributed by atoms with Gasteiger partial charge in [-0.25, -0.2) is 0 Å². The van der Waals surface area contributed by atoms with Crippen LogP contribution in [0.3, 0.4) is 0 Å². The highest BCUT2D eigenvalue weighted by atomic mass is 79.9. The fourth-order valence-corrected chi connectivity index (χ4v) is 1.40. The third-order valence-corrected chi connectivity index (χ3v) is 2.46. The maximum Gasteiger partial charge on any atom is 0.137 e. The van der Waals surface area contributed by atoms with Crippen LogP contribution in [0.1, 0.15) is 0 Å². The van der Waals surface area contributed by atoms with Gasteiger partial charge in [0.25, 0.3) is 0 Å². The minimum Gasteiger partial charge on any atom is -0.488 e. The predicted molar refractivity (Wildman–Crippen MR) is 63.2 cm³/mol. The van der Waals surface area contributed by atoms with Crippen LogP contribution in [-0.2, 0) is 4.74 Å². The van der Waals surface area contributed by atoms with Crippen LogP contribution in [0.25, 0.3) is 0 Å². The van der Waals surface area contributed by atoms with Crippen molar-refractivity contribution in [2.75, 3.05) is 33.4 Å². The van der Waals surface area contributed by atoms with Crippen molar-refractivity contribution < 1.29 is 14.8 Å². The number of hydrogen-bond donors (Lipinski definition) is 1. The molecule has 0 radical (unpaired) electrons. The minimum absolute atomic E-state index is 0.728. The smallest absolute Gasteiger partial charge is 0.137 e. The topological polar surface area (TPSA) is 35.1 Å². The Morgan fingerprint density at radius 3 is 2.47 bits per heavy atom. The standard InChI is InChI=1S/C11H16BrNO2/c1-14-8-6-13-7-9-15-11-4-2-10(12)3-5-11/h2-5,13H,6-9H2,1H3/p+1. The van der Waals surface area contributed by atoms with Crippen molar-refractivity contribution in [3.8, 4) is 5.75 Å². The highest BCUT2D eigenvalue weighted by Gasteiger charge is 1.94. The lowest BCUT2D eigenvalue weighted by atomic mass is 10.3. The Hall–Kier alpha value is -0.580. The van der Waals surface area contributed by atoms with Gasteiger partial charge < -0.3 is 14.8 Å². The van der Waals surface area contributed by atoms with Gasteiger partial charge in [0.15, 0.2) is 0 Å². The summed E-state index contributed by atoms with van der Waals surface area (Å²) in [6, 6.07) is 7.87. The first kappa shape index (κ1) is 12.5. The third kappa shape index (κ3) is 5.77. The molecule has 0 spiro atoms. The first-order chi connectivity index (χ1) is 7.33. The Kier molecular flexibility index (Phi) is 6.39. The van der Waals surface area contributed by atoms with E-state index in [9.17, 15) is 0 Å².